The van der Waals surface area contributed by atoms with Gasteiger partial charge in [0.1, 0.15) is 12.2 Å². The van der Waals surface area contributed by atoms with Gasteiger partial charge in [-0.15, -0.1) is 0 Å². The zero-order valence-electron chi connectivity index (χ0n) is 14.6. The van der Waals surface area contributed by atoms with Crippen LogP contribution in [0.1, 0.15) is 36.8 Å². The molecule has 1 atom stereocenters. The highest BCUT2D eigenvalue weighted by Crippen LogP contribution is 2.24. The molecule has 1 aromatic carbocycles. The van der Waals surface area contributed by atoms with Crippen molar-refractivity contribution in [1.82, 2.24) is 15.3 Å². The number of ether oxygens (including phenoxy) is 2. The van der Waals surface area contributed by atoms with E-state index in [1.54, 1.807) is 18.5 Å². The Kier molecular flexibility index (Phi) is 5.11. The Morgan fingerprint density at radius 1 is 1.04 bits per heavy atom. The maximum absolute atomic E-state index is 12.6. The van der Waals surface area contributed by atoms with Crippen LogP contribution in [0, 0.1) is 0 Å². The van der Waals surface area contributed by atoms with E-state index < -0.39 is 6.10 Å². The van der Waals surface area contributed by atoms with Crippen LogP contribution < -0.4 is 10.1 Å². The summed E-state index contributed by atoms with van der Waals surface area (Å²) in [4.78, 5) is 20.8. The molecule has 2 aromatic rings. The molecule has 6 nitrogen and oxygen atoms in total. The van der Waals surface area contributed by atoms with Crippen LogP contribution in [-0.2, 0) is 22.6 Å². The van der Waals surface area contributed by atoms with Crippen LogP contribution in [0.5, 0.6) is 6.01 Å². The van der Waals surface area contributed by atoms with Crippen molar-refractivity contribution in [2.24, 2.45) is 0 Å². The highest BCUT2D eigenvalue weighted by Gasteiger charge is 2.29. The summed E-state index contributed by atoms with van der Waals surface area (Å²) in [5.74, 6) is -0.00439. The summed E-state index contributed by atoms with van der Waals surface area (Å²) in [5, 5.41) is 3.15. The third kappa shape index (κ3) is 4.02. The van der Waals surface area contributed by atoms with Gasteiger partial charge in [0.05, 0.1) is 6.61 Å². The quantitative estimate of drug-likeness (QED) is 0.914. The molecule has 1 aromatic heterocycles. The lowest BCUT2D eigenvalue weighted by atomic mass is 9.92. The van der Waals surface area contributed by atoms with E-state index in [9.17, 15) is 4.79 Å². The van der Waals surface area contributed by atoms with Gasteiger partial charge in [0.15, 0.2) is 0 Å². The molecule has 2 aliphatic rings. The molecule has 6 heteroatoms. The third-order valence-corrected chi connectivity index (χ3v) is 5.09. The fourth-order valence-electron chi connectivity index (χ4n) is 3.63. The van der Waals surface area contributed by atoms with Crippen LogP contribution in [0.2, 0.25) is 0 Å². The summed E-state index contributed by atoms with van der Waals surface area (Å²) < 4.78 is 11.6. The minimum absolute atomic E-state index is 0.00439. The topological polar surface area (TPSA) is 73.3 Å². The van der Waals surface area contributed by atoms with E-state index in [0.29, 0.717) is 19.0 Å². The Bertz CT molecular complexity index is 745. The molecule has 0 saturated heterocycles. The summed E-state index contributed by atoms with van der Waals surface area (Å²) in [7, 11) is 0. The molecule has 1 fully saturated rings. The number of fused-ring (bicyclic) bond motifs is 1. The minimum Gasteiger partial charge on any atom is -0.460 e. The van der Waals surface area contributed by atoms with Crippen molar-refractivity contribution < 1.29 is 14.3 Å². The molecular formula is C20H23N3O3. The highest BCUT2D eigenvalue weighted by atomic mass is 16.5. The van der Waals surface area contributed by atoms with E-state index in [-0.39, 0.29) is 18.1 Å². The molecule has 0 radical (unpaired) electrons. The predicted octanol–water partition coefficient (Wildman–Crippen LogP) is 2.42. The number of benzene rings is 1. The lowest BCUT2D eigenvalue weighted by Gasteiger charge is -2.31. The van der Waals surface area contributed by atoms with Gasteiger partial charge < -0.3 is 14.8 Å². The zero-order chi connectivity index (χ0) is 17.8. The van der Waals surface area contributed by atoms with Gasteiger partial charge in [-0.1, -0.05) is 24.3 Å². The molecular weight excluding hydrogens is 330 g/mol. The van der Waals surface area contributed by atoms with Gasteiger partial charge in [0, 0.05) is 24.9 Å². The first-order chi connectivity index (χ1) is 12.8. The van der Waals surface area contributed by atoms with E-state index in [1.807, 2.05) is 12.1 Å². The average Bonchev–Trinajstić information content (AvgIpc) is 2.70. The number of nitrogens with zero attached hydrogens (tertiary/aromatic N) is 2. The number of carbonyl (C=O) groups is 1. The second kappa shape index (κ2) is 7.83. The summed E-state index contributed by atoms with van der Waals surface area (Å²) >= 11 is 0. The second-order valence-corrected chi connectivity index (χ2v) is 6.90. The third-order valence-electron chi connectivity index (χ3n) is 5.09. The fraction of sp³-hybridized carbons (Fsp3) is 0.450. The maximum Gasteiger partial charge on any atom is 0.316 e. The smallest absolute Gasteiger partial charge is 0.316 e. The van der Waals surface area contributed by atoms with E-state index in [0.717, 1.165) is 25.7 Å². The van der Waals surface area contributed by atoms with Gasteiger partial charge in [-0.05, 0) is 42.9 Å². The summed E-state index contributed by atoms with van der Waals surface area (Å²) in [6.45, 7) is 0.506. The van der Waals surface area contributed by atoms with E-state index in [4.69, 9.17) is 9.47 Å². The lowest BCUT2D eigenvalue weighted by Crippen LogP contribution is -2.46. The molecule has 136 valence electrons. The van der Waals surface area contributed by atoms with Crippen LogP contribution in [0.25, 0.3) is 0 Å². The minimum atomic E-state index is -0.392. The number of hydrogen-bond acceptors (Lipinski definition) is 5. The maximum atomic E-state index is 12.6. The van der Waals surface area contributed by atoms with Gasteiger partial charge in [-0.3, -0.25) is 4.79 Å². The average molecular weight is 353 g/mol. The molecule has 1 aliphatic heterocycles. The summed E-state index contributed by atoms with van der Waals surface area (Å²) in [6.07, 6.45) is 7.28. The van der Waals surface area contributed by atoms with Crippen LogP contribution in [0.3, 0.4) is 0 Å². The Morgan fingerprint density at radius 3 is 2.54 bits per heavy atom. The first kappa shape index (κ1) is 17.0. The second-order valence-electron chi connectivity index (χ2n) is 6.90. The first-order valence-corrected chi connectivity index (χ1v) is 9.20. The predicted molar refractivity (Wildman–Crippen MR) is 95.6 cm³/mol. The number of carbonyl (C=O) groups excluding carboxylic acids is 1. The van der Waals surface area contributed by atoms with Crippen LogP contribution in [0.4, 0.5) is 0 Å². The molecule has 0 bridgehead atoms. The fourth-order valence-corrected chi connectivity index (χ4v) is 3.63. The van der Waals surface area contributed by atoms with Crippen molar-refractivity contribution in [3.63, 3.8) is 0 Å². The molecule has 1 aliphatic carbocycles. The number of nitrogens with one attached hydrogen (secondary N) is 1. The SMILES string of the molecule is O=C(NC1CCC(Oc2ncccn2)CC1)[C@@H]1Cc2ccccc2CO1. The van der Waals surface area contributed by atoms with Gasteiger partial charge >= 0.3 is 6.01 Å². The van der Waals surface area contributed by atoms with Gasteiger partial charge in [-0.2, -0.15) is 0 Å². The molecule has 4 rings (SSSR count). The van der Waals surface area contributed by atoms with Crippen molar-refractivity contribution in [1.29, 1.82) is 0 Å². The van der Waals surface area contributed by atoms with E-state index >= 15 is 0 Å². The largest absolute Gasteiger partial charge is 0.460 e. The van der Waals surface area contributed by atoms with Crippen molar-refractivity contribution in [3.8, 4) is 6.01 Å². The lowest BCUT2D eigenvalue weighted by molar-refractivity contribution is -0.135. The number of amides is 1. The number of hydrogen-bond donors (Lipinski definition) is 1. The van der Waals surface area contributed by atoms with E-state index in [1.165, 1.54) is 11.1 Å². The molecule has 1 N–H and O–H groups in total. The van der Waals surface area contributed by atoms with E-state index in [2.05, 4.69) is 27.4 Å². The van der Waals surface area contributed by atoms with Crippen molar-refractivity contribution in [2.75, 3.05) is 0 Å². The Hall–Kier alpha value is -2.47. The van der Waals surface area contributed by atoms with Crippen LogP contribution >= 0.6 is 0 Å². The van der Waals surface area contributed by atoms with Crippen molar-refractivity contribution in [2.45, 2.75) is 57.0 Å². The molecule has 2 heterocycles. The Balaban J connectivity index is 1.25. The highest BCUT2D eigenvalue weighted by molar-refractivity contribution is 5.81. The van der Waals surface area contributed by atoms with Crippen molar-refractivity contribution in [3.05, 3.63) is 53.9 Å². The zero-order valence-corrected chi connectivity index (χ0v) is 14.6. The molecule has 26 heavy (non-hydrogen) atoms. The van der Waals surface area contributed by atoms with Gasteiger partial charge in [-0.25, -0.2) is 9.97 Å². The monoisotopic (exact) mass is 353 g/mol. The molecule has 0 unspecified atom stereocenters. The van der Waals surface area contributed by atoms with Crippen LogP contribution in [-0.4, -0.2) is 34.1 Å². The first-order valence-electron chi connectivity index (χ1n) is 9.20. The standard InChI is InChI=1S/C20H23N3O3/c24-19(18-12-14-4-1-2-5-15(14)13-25-18)23-16-6-8-17(9-7-16)26-20-21-10-3-11-22-20/h1-5,10-11,16-18H,6-9,12-13H2,(H,23,24)/t16?,17?,18-/m0/s1. The van der Waals surface area contributed by atoms with Gasteiger partial charge in [0.2, 0.25) is 5.91 Å². The molecule has 1 saturated carbocycles. The summed E-state index contributed by atoms with van der Waals surface area (Å²) in [5.41, 5.74) is 2.39. The normalized spacial score (nSPS) is 25.2. The number of aromatic nitrogens is 2. The van der Waals surface area contributed by atoms with Crippen molar-refractivity contribution >= 4 is 5.91 Å². The van der Waals surface area contributed by atoms with Crippen LogP contribution in [0.15, 0.2) is 42.7 Å². The number of rotatable bonds is 4. The Labute approximate surface area is 153 Å². The molecule has 1 amide bonds. The summed E-state index contributed by atoms with van der Waals surface area (Å²) in [6, 6.07) is 10.5. The molecule has 0 spiro atoms. The van der Waals surface area contributed by atoms with Gasteiger partial charge in [0.25, 0.3) is 0 Å². The Morgan fingerprint density at radius 2 is 1.77 bits per heavy atom.